The molecule has 19 heavy (non-hydrogen) atoms. The van der Waals surface area contributed by atoms with E-state index in [0.717, 1.165) is 0 Å². The van der Waals surface area contributed by atoms with Crippen molar-refractivity contribution in [2.75, 3.05) is 11.9 Å². The van der Waals surface area contributed by atoms with Crippen molar-refractivity contribution in [2.45, 2.75) is 20.0 Å². The van der Waals surface area contributed by atoms with Crippen molar-refractivity contribution < 1.29 is 23.9 Å². The molecule has 0 aliphatic carbocycles. The van der Waals surface area contributed by atoms with Gasteiger partial charge in [-0.15, -0.1) is 0 Å². The highest BCUT2D eigenvalue weighted by Crippen LogP contribution is 2.17. The van der Waals surface area contributed by atoms with E-state index in [1.54, 1.807) is 31.2 Å². The number of anilines is 1. The van der Waals surface area contributed by atoms with Crippen molar-refractivity contribution in [3.05, 3.63) is 24.3 Å². The number of ether oxygens (including phenoxy) is 2. The first kappa shape index (κ1) is 14.7. The molecule has 1 atom stereocenters. The maximum Gasteiger partial charge on any atom is 0.354 e. The van der Waals surface area contributed by atoms with Crippen LogP contribution in [-0.2, 0) is 19.1 Å². The summed E-state index contributed by atoms with van der Waals surface area (Å²) in [4.78, 5) is 32.9. The molecule has 0 spiro atoms. The Morgan fingerprint density at radius 2 is 1.95 bits per heavy atom. The molecule has 0 fully saturated rings. The fourth-order valence-electron chi connectivity index (χ4n) is 1.32. The van der Waals surface area contributed by atoms with Gasteiger partial charge in [0.25, 0.3) is 0 Å². The SMILES string of the molecule is CCOC(=O)C(C=O)Oc1ccc(NC(C)=O)cc1. The normalized spacial score (nSPS) is 11.3. The van der Waals surface area contributed by atoms with Gasteiger partial charge in [-0.1, -0.05) is 0 Å². The minimum Gasteiger partial charge on any atom is -0.471 e. The van der Waals surface area contributed by atoms with E-state index in [0.29, 0.717) is 17.7 Å². The molecular formula is C13H15NO5. The molecule has 0 bridgehead atoms. The number of benzene rings is 1. The Hall–Kier alpha value is -2.37. The van der Waals surface area contributed by atoms with Crippen molar-refractivity contribution in [3.8, 4) is 5.75 Å². The monoisotopic (exact) mass is 265 g/mol. The van der Waals surface area contributed by atoms with Crippen molar-refractivity contribution in [1.29, 1.82) is 0 Å². The minimum absolute atomic E-state index is 0.175. The number of esters is 1. The number of rotatable bonds is 6. The summed E-state index contributed by atoms with van der Waals surface area (Å²) in [5.41, 5.74) is 0.596. The van der Waals surface area contributed by atoms with Crippen LogP contribution in [-0.4, -0.2) is 30.9 Å². The molecule has 0 radical (unpaired) electrons. The fourth-order valence-corrected chi connectivity index (χ4v) is 1.32. The summed E-state index contributed by atoms with van der Waals surface area (Å²) in [7, 11) is 0. The van der Waals surface area contributed by atoms with Crippen molar-refractivity contribution in [1.82, 2.24) is 0 Å². The Bertz CT molecular complexity index is 455. The number of hydrogen-bond acceptors (Lipinski definition) is 5. The third-order valence-electron chi connectivity index (χ3n) is 2.08. The largest absolute Gasteiger partial charge is 0.471 e. The number of hydrogen-bond donors (Lipinski definition) is 1. The van der Waals surface area contributed by atoms with Gasteiger partial charge < -0.3 is 14.8 Å². The van der Waals surface area contributed by atoms with Crippen molar-refractivity contribution in [3.63, 3.8) is 0 Å². The number of aldehydes is 1. The van der Waals surface area contributed by atoms with Crippen molar-refractivity contribution in [2.24, 2.45) is 0 Å². The highest BCUT2D eigenvalue weighted by Gasteiger charge is 2.20. The zero-order valence-electron chi connectivity index (χ0n) is 10.7. The summed E-state index contributed by atoms with van der Waals surface area (Å²) in [5, 5.41) is 2.59. The Morgan fingerprint density at radius 3 is 2.42 bits per heavy atom. The van der Waals surface area contributed by atoms with Gasteiger partial charge in [-0.05, 0) is 31.2 Å². The summed E-state index contributed by atoms with van der Waals surface area (Å²) < 4.78 is 9.87. The second-order valence-corrected chi connectivity index (χ2v) is 3.63. The van der Waals surface area contributed by atoms with Gasteiger partial charge in [0.2, 0.25) is 12.0 Å². The third-order valence-corrected chi connectivity index (χ3v) is 2.08. The molecule has 0 saturated heterocycles. The first-order valence-corrected chi connectivity index (χ1v) is 5.73. The molecule has 1 unspecified atom stereocenters. The van der Waals surface area contributed by atoms with Crippen LogP contribution < -0.4 is 10.1 Å². The van der Waals surface area contributed by atoms with Gasteiger partial charge in [0.1, 0.15) is 5.75 Å². The molecule has 6 heteroatoms. The molecule has 0 saturated carbocycles. The van der Waals surface area contributed by atoms with Crippen LogP contribution in [0.15, 0.2) is 24.3 Å². The van der Waals surface area contributed by atoms with Crippen LogP contribution in [0.4, 0.5) is 5.69 Å². The van der Waals surface area contributed by atoms with Crippen LogP contribution >= 0.6 is 0 Å². The fraction of sp³-hybridized carbons (Fsp3) is 0.308. The maximum atomic E-state index is 11.4. The third kappa shape index (κ3) is 4.79. The zero-order chi connectivity index (χ0) is 14.3. The molecule has 0 aromatic heterocycles. The van der Waals surface area contributed by atoms with E-state index in [1.165, 1.54) is 6.92 Å². The lowest BCUT2D eigenvalue weighted by Gasteiger charge is -2.12. The Morgan fingerprint density at radius 1 is 1.32 bits per heavy atom. The molecule has 1 amide bonds. The predicted octanol–water partition coefficient (Wildman–Crippen LogP) is 1.15. The molecular weight excluding hydrogens is 250 g/mol. The molecule has 1 rings (SSSR count). The van der Waals surface area contributed by atoms with Gasteiger partial charge in [0.15, 0.2) is 6.29 Å². The summed E-state index contributed by atoms with van der Waals surface area (Å²) in [6.07, 6.45) is -0.911. The zero-order valence-corrected chi connectivity index (χ0v) is 10.7. The van der Waals surface area contributed by atoms with E-state index >= 15 is 0 Å². The van der Waals surface area contributed by atoms with Crippen LogP contribution in [0, 0.1) is 0 Å². The molecule has 0 aliphatic heterocycles. The van der Waals surface area contributed by atoms with Gasteiger partial charge in [0, 0.05) is 12.6 Å². The molecule has 1 N–H and O–H groups in total. The topological polar surface area (TPSA) is 81.7 Å². The van der Waals surface area contributed by atoms with Crippen molar-refractivity contribution >= 4 is 23.9 Å². The first-order valence-electron chi connectivity index (χ1n) is 5.73. The standard InChI is InChI=1S/C13H15NO5/c1-3-18-13(17)12(8-15)19-11-6-4-10(5-7-11)14-9(2)16/h4-8,12H,3H2,1-2H3,(H,14,16). The quantitative estimate of drug-likeness (QED) is 0.474. The second kappa shape index (κ2) is 7.15. The van der Waals surface area contributed by atoms with Gasteiger partial charge in [-0.3, -0.25) is 9.59 Å². The van der Waals surface area contributed by atoms with E-state index in [4.69, 9.17) is 9.47 Å². The smallest absolute Gasteiger partial charge is 0.354 e. The molecule has 1 aromatic carbocycles. The Balaban J connectivity index is 2.67. The van der Waals surface area contributed by atoms with E-state index in [9.17, 15) is 14.4 Å². The maximum absolute atomic E-state index is 11.4. The van der Waals surface area contributed by atoms with E-state index in [-0.39, 0.29) is 12.5 Å². The molecule has 0 aliphatic rings. The number of amides is 1. The van der Waals surface area contributed by atoms with E-state index in [2.05, 4.69) is 5.32 Å². The first-order chi connectivity index (χ1) is 9.06. The van der Waals surface area contributed by atoms with Crippen LogP contribution in [0.5, 0.6) is 5.75 Å². The Kier molecular flexibility index (Phi) is 5.53. The van der Waals surface area contributed by atoms with Crippen LogP contribution in [0.25, 0.3) is 0 Å². The van der Waals surface area contributed by atoms with Crippen LogP contribution in [0.3, 0.4) is 0 Å². The average molecular weight is 265 g/mol. The molecule has 1 aromatic rings. The van der Waals surface area contributed by atoms with Gasteiger partial charge in [-0.25, -0.2) is 4.79 Å². The highest BCUT2D eigenvalue weighted by molar-refractivity contribution is 5.91. The van der Waals surface area contributed by atoms with E-state index < -0.39 is 12.1 Å². The molecule has 102 valence electrons. The predicted molar refractivity (Wildman–Crippen MR) is 67.9 cm³/mol. The van der Waals surface area contributed by atoms with Crippen LogP contribution in [0.1, 0.15) is 13.8 Å². The second-order valence-electron chi connectivity index (χ2n) is 3.63. The summed E-state index contributed by atoms with van der Waals surface area (Å²) in [6.45, 7) is 3.21. The number of nitrogens with one attached hydrogen (secondary N) is 1. The summed E-state index contributed by atoms with van der Waals surface area (Å²) in [6, 6.07) is 6.29. The van der Waals surface area contributed by atoms with Gasteiger partial charge in [-0.2, -0.15) is 0 Å². The number of carbonyl (C=O) groups is 3. The lowest BCUT2D eigenvalue weighted by molar-refractivity contribution is -0.152. The number of carbonyl (C=O) groups excluding carboxylic acids is 3. The average Bonchev–Trinajstić information content (AvgIpc) is 2.37. The highest BCUT2D eigenvalue weighted by atomic mass is 16.6. The summed E-state index contributed by atoms with van der Waals surface area (Å²) in [5.74, 6) is -0.589. The lowest BCUT2D eigenvalue weighted by Crippen LogP contribution is -2.30. The molecule has 0 heterocycles. The van der Waals surface area contributed by atoms with Crippen LogP contribution in [0.2, 0.25) is 0 Å². The lowest BCUT2D eigenvalue weighted by atomic mass is 10.3. The van der Waals surface area contributed by atoms with Gasteiger partial charge in [0.05, 0.1) is 6.61 Å². The molecule has 6 nitrogen and oxygen atoms in total. The minimum atomic E-state index is -1.29. The summed E-state index contributed by atoms with van der Waals surface area (Å²) >= 11 is 0. The Labute approximate surface area is 110 Å². The van der Waals surface area contributed by atoms with Gasteiger partial charge >= 0.3 is 5.97 Å². The van der Waals surface area contributed by atoms with E-state index in [1.807, 2.05) is 0 Å².